The van der Waals surface area contributed by atoms with Crippen LogP contribution >= 0.6 is 34.4 Å². The van der Waals surface area contributed by atoms with Gasteiger partial charge in [0.1, 0.15) is 16.4 Å². The van der Waals surface area contributed by atoms with E-state index < -0.39 is 29.2 Å². The van der Waals surface area contributed by atoms with E-state index in [1.54, 1.807) is 58.7 Å². The molecule has 3 N–H and O–H groups in total. The van der Waals surface area contributed by atoms with Crippen molar-refractivity contribution in [2.24, 2.45) is 0 Å². The van der Waals surface area contributed by atoms with Crippen molar-refractivity contribution in [1.82, 2.24) is 25.1 Å². The maximum absolute atomic E-state index is 12.4. The summed E-state index contributed by atoms with van der Waals surface area (Å²) in [6.07, 6.45) is 0.733. The van der Waals surface area contributed by atoms with Crippen LogP contribution in [-0.4, -0.2) is 90.8 Å². The Morgan fingerprint density at radius 1 is 0.973 bits per heavy atom. The molecule has 206 valence electrons. The fourth-order valence-corrected chi connectivity index (χ4v) is 5.67. The third-order valence-electron chi connectivity index (χ3n) is 5.53. The summed E-state index contributed by atoms with van der Waals surface area (Å²) in [5, 5.41) is 27.3. The zero-order valence-corrected chi connectivity index (χ0v) is 24.8. The van der Waals surface area contributed by atoms with Gasteiger partial charge < -0.3 is 25.3 Å². The lowest BCUT2D eigenvalue weighted by atomic mass is 10.00. The lowest BCUT2D eigenvalue weighted by Gasteiger charge is -2.39. The van der Waals surface area contributed by atoms with Crippen LogP contribution in [0.2, 0.25) is 0 Å². The molecule has 2 aromatic heterocycles. The van der Waals surface area contributed by atoms with Crippen molar-refractivity contribution in [1.29, 1.82) is 0 Å². The van der Waals surface area contributed by atoms with Gasteiger partial charge in [0.05, 0.1) is 5.01 Å². The molecule has 0 radical (unpaired) electrons. The number of hydrogen-bond acceptors (Lipinski definition) is 8. The van der Waals surface area contributed by atoms with Gasteiger partial charge in [-0.2, -0.15) is 11.8 Å². The number of nitrogens with one attached hydrogen (secondary N) is 1. The molecule has 13 heteroatoms. The molecule has 2 aromatic rings. The van der Waals surface area contributed by atoms with Crippen LogP contribution in [0.5, 0.6) is 0 Å². The summed E-state index contributed by atoms with van der Waals surface area (Å²) in [4.78, 5) is 48.3. The van der Waals surface area contributed by atoms with Crippen molar-refractivity contribution in [3.63, 3.8) is 0 Å². The van der Waals surface area contributed by atoms with Crippen LogP contribution in [0.15, 0.2) is 10.8 Å². The van der Waals surface area contributed by atoms with Gasteiger partial charge in [0.25, 0.3) is 5.91 Å². The SMILES string of the molecule is CSCCCNC(=O)c1csc(-c2csc(C(CN(C(=O)O)C(C)(C)C)CN(C(=O)O)C(C)(C)C)n2)n1. The van der Waals surface area contributed by atoms with Gasteiger partial charge in [-0.25, -0.2) is 19.6 Å². The molecule has 0 aromatic carbocycles. The Hall–Kier alpha value is -2.38. The van der Waals surface area contributed by atoms with Crippen molar-refractivity contribution >= 4 is 52.5 Å². The van der Waals surface area contributed by atoms with Gasteiger partial charge in [0.2, 0.25) is 0 Å². The molecular formula is C24H37N5O5S3. The molecule has 0 aliphatic heterocycles. The van der Waals surface area contributed by atoms with Gasteiger partial charge in [-0.3, -0.25) is 4.79 Å². The van der Waals surface area contributed by atoms with E-state index >= 15 is 0 Å². The first-order valence-corrected chi connectivity index (χ1v) is 15.0. The van der Waals surface area contributed by atoms with E-state index in [1.807, 2.05) is 11.6 Å². The third kappa shape index (κ3) is 8.85. The number of aromatic nitrogens is 2. The molecule has 37 heavy (non-hydrogen) atoms. The van der Waals surface area contributed by atoms with Crippen LogP contribution in [-0.2, 0) is 0 Å². The molecule has 0 bridgehead atoms. The van der Waals surface area contributed by atoms with E-state index in [-0.39, 0.29) is 19.0 Å². The maximum atomic E-state index is 12.4. The molecule has 0 fully saturated rings. The molecule has 10 nitrogen and oxygen atoms in total. The zero-order chi connectivity index (χ0) is 28.0. The van der Waals surface area contributed by atoms with Crippen LogP contribution in [0.1, 0.15) is 69.4 Å². The summed E-state index contributed by atoms with van der Waals surface area (Å²) in [6, 6.07) is 0. The van der Waals surface area contributed by atoms with Crippen LogP contribution < -0.4 is 5.32 Å². The van der Waals surface area contributed by atoms with E-state index in [0.29, 0.717) is 27.9 Å². The van der Waals surface area contributed by atoms with Crippen LogP contribution in [0.3, 0.4) is 0 Å². The third-order valence-corrected chi connectivity index (χ3v) is 8.09. The first-order valence-electron chi connectivity index (χ1n) is 11.8. The summed E-state index contributed by atoms with van der Waals surface area (Å²) >= 11 is 4.36. The second-order valence-electron chi connectivity index (χ2n) is 10.5. The standard InChI is InChI=1S/C24H37N5O5S3/c1-23(2,3)28(21(31)32)11-15(12-29(22(33)34)24(4,5)6)19-27-17(14-36-19)20-26-16(13-37-20)18(30)25-9-8-10-35-7/h13-15H,8-12H2,1-7H3,(H,25,30)(H,31,32)(H,33,34). The Labute approximate surface area is 230 Å². The minimum absolute atomic E-state index is 0.0766. The van der Waals surface area contributed by atoms with Gasteiger partial charge in [0, 0.05) is 47.4 Å². The highest BCUT2D eigenvalue weighted by molar-refractivity contribution is 7.98. The fourth-order valence-electron chi connectivity index (χ4n) is 3.51. The minimum atomic E-state index is -1.08. The van der Waals surface area contributed by atoms with Crippen molar-refractivity contribution in [2.75, 3.05) is 31.6 Å². The predicted molar refractivity (Wildman–Crippen MR) is 150 cm³/mol. The Balaban J connectivity index is 2.33. The number of carbonyl (C=O) groups is 3. The normalized spacial score (nSPS) is 12.0. The van der Waals surface area contributed by atoms with E-state index in [9.17, 15) is 24.6 Å². The molecule has 2 heterocycles. The lowest BCUT2D eigenvalue weighted by molar-refractivity contribution is 0.0758. The number of nitrogens with zero attached hydrogens (tertiary/aromatic N) is 4. The summed E-state index contributed by atoms with van der Waals surface area (Å²) in [6.45, 7) is 11.5. The van der Waals surface area contributed by atoms with Gasteiger partial charge in [-0.15, -0.1) is 22.7 Å². The average molecular weight is 572 g/mol. The second-order valence-corrected chi connectivity index (χ2v) is 13.3. The largest absolute Gasteiger partial charge is 0.465 e. The monoisotopic (exact) mass is 571 g/mol. The number of amides is 3. The summed E-state index contributed by atoms with van der Waals surface area (Å²) in [5.74, 6) is 0.235. The molecule has 3 amide bonds. The highest BCUT2D eigenvalue weighted by Gasteiger charge is 2.35. The lowest BCUT2D eigenvalue weighted by Crippen LogP contribution is -2.51. The molecule has 0 atom stereocenters. The molecule has 0 unspecified atom stereocenters. The minimum Gasteiger partial charge on any atom is -0.465 e. The Bertz CT molecular complexity index is 1040. The summed E-state index contributed by atoms with van der Waals surface area (Å²) < 4.78 is 0. The zero-order valence-electron chi connectivity index (χ0n) is 22.4. The van der Waals surface area contributed by atoms with Gasteiger partial charge in [-0.1, -0.05) is 0 Å². The van der Waals surface area contributed by atoms with Crippen molar-refractivity contribution in [2.45, 2.75) is 65.0 Å². The van der Waals surface area contributed by atoms with Crippen molar-refractivity contribution < 1.29 is 24.6 Å². The first-order chi connectivity index (χ1) is 17.1. The number of hydrogen-bond donors (Lipinski definition) is 3. The quantitative estimate of drug-likeness (QED) is 0.306. The molecule has 0 spiro atoms. The Morgan fingerprint density at radius 2 is 1.54 bits per heavy atom. The smallest absolute Gasteiger partial charge is 0.407 e. The molecule has 0 saturated heterocycles. The highest BCUT2D eigenvalue weighted by atomic mass is 32.2. The first kappa shape index (κ1) is 30.8. The van der Waals surface area contributed by atoms with Crippen LogP contribution in [0.25, 0.3) is 10.7 Å². The van der Waals surface area contributed by atoms with Crippen molar-refractivity contribution in [3.05, 3.63) is 21.5 Å². The maximum Gasteiger partial charge on any atom is 0.407 e. The second kappa shape index (κ2) is 12.9. The average Bonchev–Trinajstić information content (AvgIpc) is 3.44. The fraction of sp³-hybridized carbons (Fsp3) is 0.625. The number of thioether (sulfide) groups is 1. The van der Waals surface area contributed by atoms with E-state index in [4.69, 9.17) is 4.98 Å². The molecule has 0 saturated carbocycles. The van der Waals surface area contributed by atoms with Crippen molar-refractivity contribution in [3.8, 4) is 10.7 Å². The molecule has 2 rings (SSSR count). The number of thiazole rings is 2. The topological polar surface area (TPSA) is 136 Å². The van der Waals surface area contributed by atoms with E-state index in [2.05, 4.69) is 10.3 Å². The molecule has 0 aliphatic carbocycles. The predicted octanol–water partition coefficient (Wildman–Crippen LogP) is 5.39. The van der Waals surface area contributed by atoms with Gasteiger partial charge in [-0.05, 0) is 60.0 Å². The molecular weight excluding hydrogens is 534 g/mol. The van der Waals surface area contributed by atoms with Gasteiger partial charge >= 0.3 is 12.2 Å². The van der Waals surface area contributed by atoms with Gasteiger partial charge in [0.15, 0.2) is 0 Å². The molecule has 0 aliphatic rings. The number of carboxylic acid groups (broad SMARTS) is 2. The van der Waals surface area contributed by atoms with Crippen LogP contribution in [0, 0.1) is 0 Å². The van der Waals surface area contributed by atoms with E-state index in [0.717, 1.165) is 12.2 Å². The Kier molecular flexibility index (Phi) is 10.8. The summed E-state index contributed by atoms with van der Waals surface area (Å²) in [5.41, 5.74) is -0.475. The Morgan fingerprint density at radius 3 is 2.03 bits per heavy atom. The number of rotatable bonds is 11. The van der Waals surface area contributed by atoms with E-state index in [1.165, 1.54) is 32.5 Å². The number of carbonyl (C=O) groups excluding carboxylic acids is 1. The van der Waals surface area contributed by atoms with Crippen LogP contribution in [0.4, 0.5) is 9.59 Å². The summed E-state index contributed by atoms with van der Waals surface area (Å²) in [7, 11) is 0. The highest BCUT2D eigenvalue weighted by Crippen LogP contribution is 2.32.